The molecule has 2 heteroatoms. The first-order valence-electron chi connectivity index (χ1n) is 6.82. The molecule has 1 fully saturated rings. The van der Waals surface area contributed by atoms with Crippen LogP contribution < -0.4 is 0 Å². The van der Waals surface area contributed by atoms with E-state index in [1.165, 1.54) is 36.2 Å². The lowest BCUT2D eigenvalue weighted by atomic mass is 10.1. The summed E-state index contributed by atoms with van der Waals surface area (Å²) in [6, 6.07) is 0. The molecule has 0 bridgehead atoms. The first-order valence-corrected chi connectivity index (χ1v) is 7.64. The van der Waals surface area contributed by atoms with Crippen LogP contribution in [-0.2, 0) is 0 Å². The van der Waals surface area contributed by atoms with E-state index in [0.717, 1.165) is 6.42 Å². The van der Waals surface area contributed by atoms with Crippen LogP contribution in [0.5, 0.6) is 0 Å². The van der Waals surface area contributed by atoms with Gasteiger partial charge in [-0.1, -0.05) is 49.6 Å². The molecule has 2 rings (SSSR count). The highest BCUT2D eigenvalue weighted by Crippen LogP contribution is 2.50. The van der Waals surface area contributed by atoms with Gasteiger partial charge < -0.3 is 5.11 Å². The summed E-state index contributed by atoms with van der Waals surface area (Å²) in [6.07, 6.45) is 16.4. The topological polar surface area (TPSA) is 20.2 Å². The lowest BCUT2D eigenvalue weighted by molar-refractivity contribution is 0.381. The zero-order valence-electron chi connectivity index (χ0n) is 11.3. The van der Waals surface area contributed by atoms with Crippen LogP contribution in [0.2, 0.25) is 0 Å². The lowest BCUT2D eigenvalue weighted by Gasteiger charge is -2.18. The number of aliphatic hydroxyl groups excluding tert-OH is 1. The van der Waals surface area contributed by atoms with Crippen LogP contribution in [0.3, 0.4) is 0 Å². The molecule has 0 unspecified atom stereocenters. The average molecular weight is 262 g/mol. The SMILES string of the molecule is CCCC/C=C/C=C/[C@@]1(C)SC(=C2CC2)C=C1O. The van der Waals surface area contributed by atoms with Gasteiger partial charge >= 0.3 is 0 Å². The number of hydrogen-bond acceptors (Lipinski definition) is 2. The fraction of sp³-hybridized carbons (Fsp3) is 0.500. The van der Waals surface area contributed by atoms with E-state index in [1.54, 1.807) is 11.8 Å². The van der Waals surface area contributed by atoms with Crippen LogP contribution in [0.4, 0.5) is 0 Å². The molecule has 1 heterocycles. The fourth-order valence-corrected chi connectivity index (χ4v) is 3.20. The molecule has 1 nitrogen and oxygen atoms in total. The number of aliphatic hydroxyl groups is 1. The molecular weight excluding hydrogens is 240 g/mol. The quantitative estimate of drug-likeness (QED) is 0.537. The molecule has 0 aromatic rings. The van der Waals surface area contributed by atoms with Crippen LogP contribution >= 0.6 is 11.8 Å². The number of hydrogen-bond donors (Lipinski definition) is 1. The Labute approximate surface area is 114 Å². The maximum Gasteiger partial charge on any atom is 0.113 e. The Morgan fingerprint density at radius 1 is 1.39 bits per heavy atom. The molecule has 0 spiro atoms. The highest BCUT2D eigenvalue weighted by molar-refractivity contribution is 8.05. The zero-order valence-corrected chi connectivity index (χ0v) is 12.1. The van der Waals surface area contributed by atoms with Crippen molar-refractivity contribution in [2.24, 2.45) is 0 Å². The Hall–Kier alpha value is -0.890. The molecule has 18 heavy (non-hydrogen) atoms. The second kappa shape index (κ2) is 5.83. The standard InChI is InChI=1S/C16H22OS/c1-3-4-5-6-7-8-11-16(2)15(17)12-14(18-16)13-9-10-13/h6-8,11-12,17H,3-5,9-10H2,1-2H3/b7-6+,11-8+/t16-/m1/s1. The van der Waals surface area contributed by atoms with Gasteiger partial charge in [0, 0.05) is 4.91 Å². The number of allylic oxidation sites excluding steroid dienone is 5. The van der Waals surface area contributed by atoms with E-state index in [2.05, 4.69) is 38.2 Å². The minimum Gasteiger partial charge on any atom is -0.510 e. The zero-order chi connectivity index (χ0) is 13.0. The van der Waals surface area contributed by atoms with Crippen molar-refractivity contribution in [1.82, 2.24) is 0 Å². The summed E-state index contributed by atoms with van der Waals surface area (Å²) in [5.41, 5.74) is 1.50. The third kappa shape index (κ3) is 3.32. The molecule has 2 aliphatic rings. The maximum absolute atomic E-state index is 10.1. The Kier molecular flexibility index (Phi) is 4.39. The molecule has 98 valence electrons. The van der Waals surface area contributed by atoms with Gasteiger partial charge in [-0.25, -0.2) is 0 Å². The van der Waals surface area contributed by atoms with Gasteiger partial charge in [0.2, 0.25) is 0 Å². The fourth-order valence-electron chi connectivity index (χ4n) is 1.92. The van der Waals surface area contributed by atoms with Crippen LogP contribution in [0.1, 0.15) is 46.0 Å². The molecule has 0 amide bonds. The summed E-state index contributed by atoms with van der Waals surface area (Å²) in [5, 5.41) is 10.1. The molecule has 0 aromatic carbocycles. The molecular formula is C16H22OS. The second-order valence-electron chi connectivity index (χ2n) is 5.14. The van der Waals surface area contributed by atoms with E-state index in [0.29, 0.717) is 5.76 Å². The first kappa shape index (κ1) is 13.5. The predicted octanol–water partition coefficient (Wildman–Crippen LogP) is 5.28. The third-order valence-corrected chi connectivity index (χ3v) is 4.73. The van der Waals surface area contributed by atoms with Gasteiger partial charge in [-0.05, 0) is 32.3 Å². The lowest BCUT2D eigenvalue weighted by Crippen LogP contribution is -2.15. The Morgan fingerprint density at radius 3 is 2.83 bits per heavy atom. The second-order valence-corrected chi connectivity index (χ2v) is 6.63. The summed E-state index contributed by atoms with van der Waals surface area (Å²) in [4.78, 5) is 1.29. The van der Waals surface area contributed by atoms with Gasteiger partial charge in [0.15, 0.2) is 0 Å². The van der Waals surface area contributed by atoms with E-state index < -0.39 is 0 Å². The molecule has 0 aromatic heterocycles. The molecule has 1 atom stereocenters. The van der Waals surface area contributed by atoms with Crippen molar-refractivity contribution in [1.29, 1.82) is 0 Å². The summed E-state index contributed by atoms with van der Waals surface area (Å²) in [5.74, 6) is 0.486. The largest absolute Gasteiger partial charge is 0.510 e. The van der Waals surface area contributed by atoms with Crippen LogP contribution in [0.15, 0.2) is 46.6 Å². The minimum absolute atomic E-state index is 0.264. The van der Waals surface area contributed by atoms with Crippen molar-refractivity contribution in [3.63, 3.8) is 0 Å². The van der Waals surface area contributed by atoms with E-state index >= 15 is 0 Å². The van der Waals surface area contributed by atoms with Gasteiger partial charge in [-0.3, -0.25) is 0 Å². The highest BCUT2D eigenvalue weighted by Gasteiger charge is 2.36. The van der Waals surface area contributed by atoms with E-state index in [-0.39, 0.29) is 4.75 Å². The molecule has 1 N–H and O–H groups in total. The van der Waals surface area contributed by atoms with Gasteiger partial charge in [0.1, 0.15) is 5.76 Å². The normalized spacial score (nSPS) is 27.6. The van der Waals surface area contributed by atoms with Gasteiger partial charge in [0.05, 0.1) is 4.75 Å². The average Bonchev–Trinajstić information content (AvgIpc) is 3.13. The summed E-state index contributed by atoms with van der Waals surface area (Å²) >= 11 is 1.78. The van der Waals surface area contributed by atoms with Crippen LogP contribution in [0, 0.1) is 0 Å². The van der Waals surface area contributed by atoms with Gasteiger partial charge in [-0.15, -0.1) is 11.8 Å². The van der Waals surface area contributed by atoms with Crippen molar-refractivity contribution in [2.45, 2.75) is 50.7 Å². The Morgan fingerprint density at radius 2 is 2.17 bits per heavy atom. The van der Waals surface area contributed by atoms with Crippen molar-refractivity contribution < 1.29 is 5.11 Å². The number of unbranched alkanes of at least 4 members (excludes halogenated alkanes) is 2. The van der Waals surface area contributed by atoms with Crippen molar-refractivity contribution in [3.05, 3.63) is 46.6 Å². The maximum atomic E-state index is 10.1. The van der Waals surface area contributed by atoms with Crippen molar-refractivity contribution >= 4 is 11.8 Å². The summed E-state index contributed by atoms with van der Waals surface area (Å²) in [6.45, 7) is 4.28. The van der Waals surface area contributed by atoms with E-state index in [4.69, 9.17) is 0 Å². The first-order chi connectivity index (χ1) is 8.65. The molecule has 0 radical (unpaired) electrons. The Bertz CT molecular complexity index is 422. The molecule has 1 saturated carbocycles. The van der Waals surface area contributed by atoms with Crippen molar-refractivity contribution in [3.8, 4) is 0 Å². The monoisotopic (exact) mass is 262 g/mol. The van der Waals surface area contributed by atoms with E-state index in [1.807, 2.05) is 6.08 Å². The summed E-state index contributed by atoms with van der Waals surface area (Å²) < 4.78 is -0.264. The van der Waals surface area contributed by atoms with Crippen LogP contribution in [-0.4, -0.2) is 9.85 Å². The number of thioether (sulfide) groups is 1. The molecule has 0 saturated heterocycles. The summed E-state index contributed by atoms with van der Waals surface area (Å²) in [7, 11) is 0. The van der Waals surface area contributed by atoms with Gasteiger partial charge in [-0.2, -0.15) is 0 Å². The smallest absolute Gasteiger partial charge is 0.113 e. The van der Waals surface area contributed by atoms with E-state index in [9.17, 15) is 5.11 Å². The minimum atomic E-state index is -0.264. The molecule has 1 aliphatic carbocycles. The highest BCUT2D eigenvalue weighted by atomic mass is 32.2. The van der Waals surface area contributed by atoms with Crippen LogP contribution in [0.25, 0.3) is 0 Å². The third-order valence-electron chi connectivity index (χ3n) is 3.33. The van der Waals surface area contributed by atoms with Gasteiger partial charge in [0.25, 0.3) is 0 Å². The molecule has 1 aliphatic heterocycles. The predicted molar refractivity (Wildman–Crippen MR) is 80.8 cm³/mol. The Balaban J connectivity index is 1.92. The number of rotatable bonds is 5. The van der Waals surface area contributed by atoms with Crippen molar-refractivity contribution in [2.75, 3.05) is 0 Å².